The van der Waals surface area contributed by atoms with Gasteiger partial charge < -0.3 is 4.90 Å². The third-order valence-electron chi connectivity index (χ3n) is 5.93. The Balaban J connectivity index is 1.87. The number of carbonyl (C=O) groups is 1. The van der Waals surface area contributed by atoms with E-state index >= 15 is 0 Å². The van der Waals surface area contributed by atoms with Crippen LogP contribution in [-0.2, 0) is 5.41 Å². The zero-order valence-electron chi connectivity index (χ0n) is 16.3. The van der Waals surface area contributed by atoms with Crippen LogP contribution >= 0.6 is 0 Å². The number of hydrogen-bond donors (Lipinski definition) is 0. The molecule has 1 aliphatic heterocycles. The third-order valence-corrected chi connectivity index (χ3v) is 5.93. The average molecular weight is 381 g/mol. The Hall–Kier alpha value is -3.46. The summed E-state index contributed by atoms with van der Waals surface area (Å²) in [7, 11) is 0. The van der Waals surface area contributed by atoms with Gasteiger partial charge in [0.25, 0.3) is 0 Å². The minimum absolute atomic E-state index is 0.231. The molecule has 29 heavy (non-hydrogen) atoms. The molecule has 0 saturated carbocycles. The molecule has 1 aliphatic rings. The highest BCUT2D eigenvalue weighted by molar-refractivity contribution is 5.99. The number of para-hydroxylation sites is 1. The number of benzene rings is 4. The third kappa shape index (κ3) is 2.58. The summed E-state index contributed by atoms with van der Waals surface area (Å²) >= 11 is 0. The van der Waals surface area contributed by atoms with Crippen molar-refractivity contribution >= 4 is 34.1 Å². The molecule has 0 amide bonds. The van der Waals surface area contributed by atoms with Crippen molar-refractivity contribution in [2.75, 3.05) is 4.90 Å². The number of halogens is 1. The molecule has 0 spiro atoms. The number of hydrogen-bond acceptors (Lipinski definition) is 2. The van der Waals surface area contributed by atoms with Gasteiger partial charge in [-0.15, -0.1) is 0 Å². The first-order valence-electron chi connectivity index (χ1n) is 9.68. The van der Waals surface area contributed by atoms with Crippen molar-refractivity contribution < 1.29 is 9.18 Å². The van der Waals surface area contributed by atoms with E-state index in [0.29, 0.717) is 5.56 Å². The summed E-state index contributed by atoms with van der Waals surface area (Å²) in [5, 5.41) is 2.17. The van der Waals surface area contributed by atoms with E-state index in [1.807, 2.05) is 36.4 Å². The van der Waals surface area contributed by atoms with Crippen molar-refractivity contribution in [1.82, 2.24) is 0 Å². The molecular weight excluding hydrogens is 361 g/mol. The van der Waals surface area contributed by atoms with Crippen LogP contribution in [0.25, 0.3) is 10.8 Å². The molecule has 2 nitrogen and oxygen atoms in total. The standard InChI is InChI=1S/C26H20FNO/c1-26(2)22-5-3-4-6-23(22)28(20-11-9-19(27)10-12-20)24-14-8-18-15-17(16-29)7-13-21(18)25(24)26/h3-16H,1-2H3. The van der Waals surface area contributed by atoms with Crippen LogP contribution in [0.4, 0.5) is 21.5 Å². The van der Waals surface area contributed by atoms with Crippen LogP contribution in [0.5, 0.6) is 0 Å². The highest BCUT2D eigenvalue weighted by atomic mass is 19.1. The van der Waals surface area contributed by atoms with Gasteiger partial charge in [0, 0.05) is 16.7 Å². The van der Waals surface area contributed by atoms with Gasteiger partial charge in [-0.05, 0) is 64.4 Å². The molecule has 142 valence electrons. The predicted octanol–water partition coefficient (Wildman–Crippen LogP) is 6.90. The summed E-state index contributed by atoms with van der Waals surface area (Å²) in [4.78, 5) is 13.5. The molecule has 4 aromatic carbocycles. The van der Waals surface area contributed by atoms with Crippen molar-refractivity contribution in [3.63, 3.8) is 0 Å². The number of aldehydes is 1. The van der Waals surface area contributed by atoms with E-state index in [4.69, 9.17) is 0 Å². The summed E-state index contributed by atoms with van der Waals surface area (Å²) in [6.07, 6.45) is 0.879. The lowest BCUT2D eigenvalue weighted by atomic mass is 9.71. The van der Waals surface area contributed by atoms with Crippen LogP contribution < -0.4 is 4.90 Å². The van der Waals surface area contributed by atoms with Gasteiger partial charge in [-0.3, -0.25) is 4.79 Å². The van der Waals surface area contributed by atoms with Crippen LogP contribution in [0.2, 0.25) is 0 Å². The highest BCUT2D eigenvalue weighted by Gasteiger charge is 2.37. The molecular formula is C26H20FNO. The van der Waals surface area contributed by atoms with Gasteiger partial charge >= 0.3 is 0 Å². The van der Waals surface area contributed by atoms with Gasteiger partial charge in [0.1, 0.15) is 12.1 Å². The maximum atomic E-state index is 13.6. The molecule has 1 heterocycles. The molecule has 0 unspecified atom stereocenters. The Morgan fingerprint density at radius 3 is 2.38 bits per heavy atom. The van der Waals surface area contributed by atoms with Gasteiger partial charge in [0.2, 0.25) is 0 Å². The first-order valence-corrected chi connectivity index (χ1v) is 9.68. The van der Waals surface area contributed by atoms with E-state index in [9.17, 15) is 9.18 Å². The van der Waals surface area contributed by atoms with Crippen molar-refractivity contribution in [1.29, 1.82) is 0 Å². The van der Waals surface area contributed by atoms with E-state index in [2.05, 4.69) is 49.1 Å². The fourth-order valence-corrected chi connectivity index (χ4v) is 4.58. The fourth-order valence-electron chi connectivity index (χ4n) is 4.58. The molecule has 0 fully saturated rings. The normalized spacial score (nSPS) is 14.4. The Morgan fingerprint density at radius 2 is 1.62 bits per heavy atom. The molecule has 0 N–H and O–H groups in total. The van der Waals surface area contributed by atoms with Crippen molar-refractivity contribution in [3.8, 4) is 0 Å². The molecule has 5 rings (SSSR count). The Kier molecular flexibility index (Phi) is 3.82. The zero-order valence-corrected chi connectivity index (χ0v) is 16.3. The number of fused-ring (bicyclic) bond motifs is 4. The Bertz CT molecular complexity index is 1260. The summed E-state index contributed by atoms with van der Waals surface area (Å²) in [6.45, 7) is 4.47. The second kappa shape index (κ2) is 6.28. The van der Waals surface area contributed by atoms with Crippen LogP contribution in [0, 0.1) is 5.82 Å². The monoisotopic (exact) mass is 381 g/mol. The van der Waals surface area contributed by atoms with Crippen LogP contribution in [0.1, 0.15) is 35.3 Å². The zero-order chi connectivity index (χ0) is 20.2. The largest absolute Gasteiger partial charge is 0.310 e. The molecule has 0 saturated heterocycles. The second-order valence-electron chi connectivity index (χ2n) is 8.01. The van der Waals surface area contributed by atoms with Crippen molar-refractivity contribution in [2.45, 2.75) is 19.3 Å². The van der Waals surface area contributed by atoms with Gasteiger partial charge in [-0.1, -0.05) is 50.2 Å². The number of anilines is 3. The van der Waals surface area contributed by atoms with E-state index in [0.717, 1.165) is 34.1 Å². The first kappa shape index (κ1) is 17.6. The highest BCUT2D eigenvalue weighted by Crippen LogP contribution is 2.53. The van der Waals surface area contributed by atoms with Gasteiger partial charge in [0.15, 0.2) is 0 Å². The summed E-state index contributed by atoms with van der Waals surface area (Å²) in [6, 6.07) is 25.0. The predicted molar refractivity (Wildman–Crippen MR) is 116 cm³/mol. The summed E-state index contributed by atoms with van der Waals surface area (Å²) in [5.41, 5.74) is 5.94. The maximum absolute atomic E-state index is 13.6. The summed E-state index contributed by atoms with van der Waals surface area (Å²) < 4.78 is 13.6. The van der Waals surface area contributed by atoms with Gasteiger partial charge in [-0.2, -0.15) is 0 Å². The van der Waals surface area contributed by atoms with E-state index < -0.39 is 0 Å². The van der Waals surface area contributed by atoms with Crippen LogP contribution in [0.15, 0.2) is 78.9 Å². The first-order chi connectivity index (χ1) is 14.0. The van der Waals surface area contributed by atoms with Crippen LogP contribution in [0.3, 0.4) is 0 Å². The van der Waals surface area contributed by atoms with Gasteiger partial charge in [0.05, 0.1) is 11.4 Å². The van der Waals surface area contributed by atoms with Crippen molar-refractivity contribution in [2.24, 2.45) is 0 Å². The lowest BCUT2D eigenvalue weighted by molar-refractivity contribution is 0.112. The fraction of sp³-hybridized carbons (Fsp3) is 0.115. The second-order valence-corrected chi connectivity index (χ2v) is 8.01. The molecule has 0 bridgehead atoms. The van der Waals surface area contributed by atoms with Crippen LogP contribution in [-0.4, -0.2) is 6.29 Å². The SMILES string of the molecule is CC1(C)c2ccccc2N(c2ccc(F)cc2)c2ccc3cc(C=O)ccc3c21. The molecule has 0 atom stereocenters. The topological polar surface area (TPSA) is 20.3 Å². The number of rotatable bonds is 2. The molecule has 3 heteroatoms. The molecule has 0 aromatic heterocycles. The molecule has 0 radical (unpaired) electrons. The van der Waals surface area contributed by atoms with E-state index in [1.165, 1.54) is 23.3 Å². The lowest BCUT2D eigenvalue weighted by Crippen LogP contribution is -2.30. The smallest absolute Gasteiger partial charge is 0.150 e. The minimum atomic E-state index is -0.250. The minimum Gasteiger partial charge on any atom is -0.310 e. The molecule has 0 aliphatic carbocycles. The van der Waals surface area contributed by atoms with E-state index in [1.54, 1.807) is 0 Å². The Labute approximate surface area is 169 Å². The Morgan fingerprint density at radius 1 is 0.862 bits per heavy atom. The number of carbonyl (C=O) groups excluding carboxylic acids is 1. The summed E-state index contributed by atoms with van der Waals surface area (Å²) in [5.74, 6) is -0.250. The number of nitrogens with zero attached hydrogens (tertiary/aromatic N) is 1. The quantitative estimate of drug-likeness (QED) is 0.352. The maximum Gasteiger partial charge on any atom is 0.150 e. The lowest BCUT2D eigenvalue weighted by Gasteiger charge is -2.42. The average Bonchev–Trinajstić information content (AvgIpc) is 2.74. The molecule has 4 aromatic rings. The van der Waals surface area contributed by atoms with Crippen molar-refractivity contribution in [3.05, 3.63) is 101 Å². The van der Waals surface area contributed by atoms with E-state index in [-0.39, 0.29) is 11.2 Å². The van der Waals surface area contributed by atoms with Gasteiger partial charge in [-0.25, -0.2) is 4.39 Å².